The van der Waals surface area contributed by atoms with Crippen LogP contribution in [0.2, 0.25) is 5.02 Å². The molecular formula is C21H15ClN2O4. The molecule has 0 atom stereocenters. The second-order valence-electron chi connectivity index (χ2n) is 6.10. The predicted octanol–water partition coefficient (Wildman–Crippen LogP) is 5.04. The maximum Gasteiger partial charge on any atom is 0.272 e. The lowest BCUT2D eigenvalue weighted by Gasteiger charge is -2.12. The van der Waals surface area contributed by atoms with Gasteiger partial charge in [-0.3, -0.25) is 19.7 Å². The number of anilines is 1. The topological polar surface area (TPSA) is 89.3 Å². The molecular weight excluding hydrogens is 380 g/mol. The van der Waals surface area contributed by atoms with Crippen LogP contribution in [0.4, 0.5) is 11.4 Å². The Bertz CT molecular complexity index is 1080. The van der Waals surface area contributed by atoms with Gasteiger partial charge in [-0.1, -0.05) is 41.9 Å². The van der Waals surface area contributed by atoms with Crippen LogP contribution in [0.15, 0.2) is 66.7 Å². The minimum atomic E-state index is -0.507. The zero-order valence-electron chi connectivity index (χ0n) is 14.8. The van der Waals surface area contributed by atoms with Crippen LogP contribution in [-0.2, 0) is 0 Å². The standard InChI is InChI=1S/C21H15ClN2O4/c1-13-11-15(7-10-19(13)24(27)28)21(26)23-18-9-8-16(22)12-17(18)20(25)14-5-3-2-4-6-14/h2-12H,1H3,(H,23,26). The molecule has 0 aliphatic heterocycles. The number of nitro benzene ring substituents is 1. The molecule has 0 bridgehead atoms. The van der Waals surface area contributed by atoms with Crippen molar-refractivity contribution in [2.75, 3.05) is 5.32 Å². The smallest absolute Gasteiger partial charge is 0.272 e. The van der Waals surface area contributed by atoms with Crippen LogP contribution in [0.3, 0.4) is 0 Å². The summed E-state index contributed by atoms with van der Waals surface area (Å²) < 4.78 is 0. The SMILES string of the molecule is Cc1cc(C(=O)Nc2ccc(Cl)cc2C(=O)c2ccccc2)ccc1[N+](=O)[O-]. The van der Waals surface area contributed by atoms with Gasteiger partial charge in [0.1, 0.15) is 0 Å². The molecule has 140 valence electrons. The van der Waals surface area contributed by atoms with Crippen LogP contribution in [0, 0.1) is 17.0 Å². The molecule has 0 aliphatic carbocycles. The summed E-state index contributed by atoms with van der Waals surface area (Å²) in [4.78, 5) is 35.9. The molecule has 0 heterocycles. The van der Waals surface area contributed by atoms with Crippen LogP contribution in [0.25, 0.3) is 0 Å². The van der Waals surface area contributed by atoms with E-state index in [1.807, 2.05) is 0 Å². The van der Waals surface area contributed by atoms with Crippen LogP contribution in [-0.4, -0.2) is 16.6 Å². The molecule has 1 amide bonds. The van der Waals surface area contributed by atoms with E-state index in [0.717, 1.165) is 0 Å². The van der Waals surface area contributed by atoms with Gasteiger partial charge in [0.25, 0.3) is 11.6 Å². The minimum Gasteiger partial charge on any atom is -0.321 e. The number of benzene rings is 3. The Balaban J connectivity index is 1.92. The summed E-state index contributed by atoms with van der Waals surface area (Å²) in [6, 6.07) is 17.3. The molecule has 0 aliphatic rings. The van der Waals surface area contributed by atoms with Gasteiger partial charge in [-0.05, 0) is 37.3 Å². The number of carbonyl (C=O) groups is 2. The molecule has 7 heteroatoms. The van der Waals surface area contributed by atoms with Crippen molar-refractivity contribution >= 4 is 34.7 Å². The Kier molecular flexibility index (Phi) is 5.52. The van der Waals surface area contributed by atoms with Crippen LogP contribution >= 0.6 is 11.6 Å². The van der Waals surface area contributed by atoms with Gasteiger partial charge in [0, 0.05) is 33.3 Å². The molecule has 0 radical (unpaired) electrons. The lowest BCUT2D eigenvalue weighted by Crippen LogP contribution is -2.15. The van der Waals surface area contributed by atoms with E-state index in [1.54, 1.807) is 49.4 Å². The van der Waals surface area contributed by atoms with Gasteiger partial charge in [0.05, 0.1) is 10.6 Å². The van der Waals surface area contributed by atoms with Gasteiger partial charge >= 0.3 is 0 Å². The normalized spacial score (nSPS) is 10.4. The highest BCUT2D eigenvalue weighted by molar-refractivity contribution is 6.31. The van der Waals surface area contributed by atoms with E-state index >= 15 is 0 Å². The summed E-state index contributed by atoms with van der Waals surface area (Å²) in [5, 5.41) is 14.0. The van der Waals surface area contributed by atoms with E-state index in [-0.39, 0.29) is 22.6 Å². The largest absolute Gasteiger partial charge is 0.321 e. The molecule has 3 aromatic rings. The number of ketones is 1. The Morgan fingerprint density at radius 2 is 1.68 bits per heavy atom. The molecule has 1 N–H and O–H groups in total. The number of nitrogens with zero attached hydrogens (tertiary/aromatic N) is 1. The first-order chi connectivity index (χ1) is 13.4. The Morgan fingerprint density at radius 3 is 2.32 bits per heavy atom. The highest BCUT2D eigenvalue weighted by atomic mass is 35.5. The van der Waals surface area contributed by atoms with Crippen molar-refractivity contribution in [3.05, 3.63) is 104 Å². The predicted molar refractivity (Wildman–Crippen MR) is 107 cm³/mol. The molecule has 6 nitrogen and oxygen atoms in total. The van der Waals surface area contributed by atoms with Gasteiger partial charge in [-0.2, -0.15) is 0 Å². The van der Waals surface area contributed by atoms with Crippen molar-refractivity contribution in [3.63, 3.8) is 0 Å². The van der Waals surface area contributed by atoms with Crippen molar-refractivity contribution in [2.24, 2.45) is 0 Å². The van der Waals surface area contributed by atoms with Gasteiger partial charge in [-0.15, -0.1) is 0 Å². The number of carbonyl (C=O) groups excluding carboxylic acids is 2. The molecule has 3 rings (SSSR count). The zero-order chi connectivity index (χ0) is 20.3. The number of hydrogen-bond acceptors (Lipinski definition) is 4. The van der Waals surface area contributed by atoms with Crippen molar-refractivity contribution in [3.8, 4) is 0 Å². The molecule has 28 heavy (non-hydrogen) atoms. The first kappa shape index (κ1) is 19.3. The van der Waals surface area contributed by atoms with Gasteiger partial charge in [0.15, 0.2) is 5.78 Å². The minimum absolute atomic E-state index is 0.0667. The summed E-state index contributed by atoms with van der Waals surface area (Å²) >= 11 is 6.04. The first-order valence-corrected chi connectivity index (χ1v) is 8.70. The third-order valence-electron chi connectivity index (χ3n) is 4.17. The summed E-state index contributed by atoms with van der Waals surface area (Å²) in [5.41, 5.74) is 1.57. The third-order valence-corrected chi connectivity index (χ3v) is 4.40. The highest BCUT2D eigenvalue weighted by Crippen LogP contribution is 2.25. The number of amides is 1. The van der Waals surface area contributed by atoms with Gasteiger partial charge in [0.2, 0.25) is 0 Å². The van der Waals surface area contributed by atoms with Gasteiger partial charge in [-0.25, -0.2) is 0 Å². The van der Waals surface area contributed by atoms with Crippen LogP contribution < -0.4 is 5.32 Å². The number of halogens is 1. The van der Waals surface area contributed by atoms with E-state index < -0.39 is 10.8 Å². The van der Waals surface area contributed by atoms with Crippen LogP contribution in [0.1, 0.15) is 31.8 Å². The van der Waals surface area contributed by atoms with Crippen molar-refractivity contribution in [1.29, 1.82) is 0 Å². The van der Waals surface area contributed by atoms with Crippen molar-refractivity contribution in [2.45, 2.75) is 6.92 Å². The third kappa shape index (κ3) is 4.07. The van der Waals surface area contributed by atoms with E-state index in [9.17, 15) is 19.7 Å². The van der Waals surface area contributed by atoms with E-state index in [0.29, 0.717) is 21.8 Å². The fourth-order valence-corrected chi connectivity index (χ4v) is 2.93. The summed E-state index contributed by atoms with van der Waals surface area (Å²) in [5.74, 6) is -0.763. The quantitative estimate of drug-likeness (QED) is 0.373. The number of nitrogens with one attached hydrogen (secondary N) is 1. The number of rotatable bonds is 5. The fourth-order valence-electron chi connectivity index (χ4n) is 2.75. The molecule has 0 spiro atoms. The monoisotopic (exact) mass is 394 g/mol. The summed E-state index contributed by atoms with van der Waals surface area (Å²) in [6.45, 7) is 1.56. The van der Waals surface area contributed by atoms with E-state index in [2.05, 4.69) is 5.32 Å². The summed E-state index contributed by atoms with van der Waals surface area (Å²) in [7, 11) is 0. The maximum atomic E-state index is 12.8. The van der Waals surface area contributed by atoms with Crippen LogP contribution in [0.5, 0.6) is 0 Å². The zero-order valence-corrected chi connectivity index (χ0v) is 15.6. The molecule has 0 saturated heterocycles. The number of nitro groups is 1. The lowest BCUT2D eigenvalue weighted by atomic mass is 10.0. The second-order valence-corrected chi connectivity index (χ2v) is 6.53. The number of hydrogen-bond donors (Lipinski definition) is 1. The van der Waals surface area contributed by atoms with Gasteiger partial charge < -0.3 is 5.32 Å². The fraction of sp³-hybridized carbons (Fsp3) is 0.0476. The highest BCUT2D eigenvalue weighted by Gasteiger charge is 2.18. The molecule has 3 aromatic carbocycles. The Morgan fingerprint density at radius 1 is 0.964 bits per heavy atom. The average Bonchev–Trinajstić information content (AvgIpc) is 2.69. The maximum absolute atomic E-state index is 12.8. The Labute approximate surface area is 165 Å². The van der Waals surface area contributed by atoms with Crippen molar-refractivity contribution in [1.82, 2.24) is 0 Å². The van der Waals surface area contributed by atoms with Crippen molar-refractivity contribution < 1.29 is 14.5 Å². The Hall–Kier alpha value is -3.51. The summed E-state index contributed by atoms with van der Waals surface area (Å²) in [6.07, 6.45) is 0. The molecule has 0 saturated carbocycles. The molecule has 0 fully saturated rings. The lowest BCUT2D eigenvalue weighted by molar-refractivity contribution is -0.385. The second kappa shape index (κ2) is 8.02. The number of aryl methyl sites for hydroxylation is 1. The average molecular weight is 395 g/mol. The van der Waals surface area contributed by atoms with E-state index in [4.69, 9.17) is 11.6 Å². The van der Waals surface area contributed by atoms with E-state index in [1.165, 1.54) is 24.3 Å². The molecule has 0 aromatic heterocycles. The first-order valence-electron chi connectivity index (χ1n) is 8.32. The molecule has 0 unspecified atom stereocenters.